The maximum atomic E-state index is 11.1. The van der Waals surface area contributed by atoms with Crippen molar-refractivity contribution in [3.05, 3.63) is 23.7 Å². The Morgan fingerprint density at radius 2 is 2.23 bits per heavy atom. The molecule has 0 spiro atoms. The molecule has 68 valence electrons. The lowest BCUT2D eigenvalue weighted by atomic mass is 10.2. The average Bonchev–Trinajstić information content (AvgIpc) is 2.51. The molecule has 0 fully saturated rings. The van der Waals surface area contributed by atoms with E-state index in [1.807, 2.05) is 17.8 Å². The predicted octanol–water partition coefficient (Wildman–Crippen LogP) is 0.0801. The zero-order valence-corrected chi connectivity index (χ0v) is 7.48. The van der Waals surface area contributed by atoms with E-state index in [0.29, 0.717) is 11.3 Å². The Hall–Kier alpha value is -1.78. The minimum atomic E-state index is -0.436. The molecule has 2 rings (SSSR count). The molecule has 0 saturated carbocycles. The van der Waals surface area contributed by atoms with Gasteiger partial charge >= 0.3 is 0 Å². The van der Waals surface area contributed by atoms with Crippen LogP contribution in [-0.2, 0) is 7.05 Å². The highest BCUT2D eigenvalue weighted by atomic mass is 16.1. The van der Waals surface area contributed by atoms with Crippen molar-refractivity contribution >= 4 is 11.6 Å². The van der Waals surface area contributed by atoms with Crippen molar-refractivity contribution in [1.82, 2.24) is 14.2 Å². The number of fused-ring (bicyclic) bond motifs is 1. The van der Waals surface area contributed by atoms with E-state index in [0.717, 1.165) is 5.65 Å². The van der Waals surface area contributed by atoms with E-state index < -0.39 is 5.91 Å². The maximum Gasteiger partial charge on any atom is 0.254 e. The molecule has 5 nitrogen and oxygen atoms in total. The normalized spacial score (nSPS) is 10.9. The van der Waals surface area contributed by atoms with E-state index in [-0.39, 0.29) is 0 Å². The van der Waals surface area contributed by atoms with E-state index in [2.05, 4.69) is 5.10 Å². The molecule has 0 aliphatic rings. The Kier molecular flexibility index (Phi) is 1.42. The van der Waals surface area contributed by atoms with Gasteiger partial charge in [-0.3, -0.25) is 4.79 Å². The van der Waals surface area contributed by atoms with E-state index >= 15 is 0 Å². The van der Waals surface area contributed by atoms with Crippen LogP contribution < -0.4 is 5.73 Å². The summed E-state index contributed by atoms with van der Waals surface area (Å²) in [5.74, 6) is -0.436. The topological polar surface area (TPSA) is 65.3 Å². The SMILES string of the molecule is Cc1nn2ccn(C)c2c1C(N)=O. The Morgan fingerprint density at radius 1 is 1.54 bits per heavy atom. The van der Waals surface area contributed by atoms with Gasteiger partial charge in [-0.1, -0.05) is 0 Å². The fourth-order valence-electron chi connectivity index (χ4n) is 1.50. The van der Waals surface area contributed by atoms with Crippen LogP contribution in [0.2, 0.25) is 0 Å². The van der Waals surface area contributed by atoms with Gasteiger partial charge in [-0.05, 0) is 6.92 Å². The number of primary amides is 1. The Bertz CT molecular complexity index is 480. The number of rotatable bonds is 1. The van der Waals surface area contributed by atoms with E-state index in [9.17, 15) is 4.79 Å². The molecule has 5 heteroatoms. The van der Waals surface area contributed by atoms with Gasteiger partial charge in [-0.2, -0.15) is 5.10 Å². The lowest BCUT2D eigenvalue weighted by molar-refractivity contribution is 0.100. The molecule has 2 aromatic heterocycles. The molecule has 0 atom stereocenters. The van der Waals surface area contributed by atoms with Gasteiger partial charge in [0.25, 0.3) is 5.91 Å². The van der Waals surface area contributed by atoms with Crippen molar-refractivity contribution in [2.75, 3.05) is 0 Å². The van der Waals surface area contributed by atoms with Crippen LogP contribution in [0, 0.1) is 6.92 Å². The highest BCUT2D eigenvalue weighted by molar-refractivity contribution is 6.00. The first-order valence-corrected chi connectivity index (χ1v) is 3.91. The molecule has 13 heavy (non-hydrogen) atoms. The smallest absolute Gasteiger partial charge is 0.254 e. The number of hydrogen-bond donors (Lipinski definition) is 1. The van der Waals surface area contributed by atoms with Crippen LogP contribution in [0.4, 0.5) is 0 Å². The van der Waals surface area contributed by atoms with Crippen molar-refractivity contribution < 1.29 is 4.79 Å². The molecule has 0 radical (unpaired) electrons. The summed E-state index contributed by atoms with van der Waals surface area (Å²) in [6.45, 7) is 1.77. The first kappa shape index (κ1) is 7.85. The van der Waals surface area contributed by atoms with Crippen LogP contribution in [0.3, 0.4) is 0 Å². The van der Waals surface area contributed by atoms with Crippen molar-refractivity contribution in [2.24, 2.45) is 12.8 Å². The molecule has 0 bridgehead atoms. The van der Waals surface area contributed by atoms with Gasteiger partial charge in [-0.15, -0.1) is 0 Å². The molecule has 0 unspecified atom stereocenters. The fraction of sp³-hybridized carbons (Fsp3) is 0.250. The number of hydrogen-bond acceptors (Lipinski definition) is 2. The fourth-order valence-corrected chi connectivity index (χ4v) is 1.50. The molecule has 2 heterocycles. The van der Waals surface area contributed by atoms with Crippen molar-refractivity contribution in [1.29, 1.82) is 0 Å². The number of amides is 1. The van der Waals surface area contributed by atoms with Crippen molar-refractivity contribution in [3.8, 4) is 0 Å². The predicted molar refractivity (Wildman–Crippen MR) is 47.4 cm³/mol. The first-order chi connectivity index (χ1) is 6.11. The van der Waals surface area contributed by atoms with Crippen LogP contribution in [0.1, 0.15) is 16.1 Å². The molecule has 0 saturated heterocycles. The highest BCUT2D eigenvalue weighted by Crippen LogP contribution is 2.14. The van der Waals surface area contributed by atoms with Gasteiger partial charge in [0.2, 0.25) is 0 Å². The molecular formula is C8H10N4O. The number of nitrogens with zero attached hydrogens (tertiary/aromatic N) is 3. The Balaban J connectivity index is 2.90. The zero-order chi connectivity index (χ0) is 9.59. The summed E-state index contributed by atoms with van der Waals surface area (Å²) < 4.78 is 3.47. The van der Waals surface area contributed by atoms with E-state index in [1.165, 1.54) is 0 Å². The summed E-state index contributed by atoms with van der Waals surface area (Å²) >= 11 is 0. The third-order valence-corrected chi connectivity index (χ3v) is 2.07. The molecule has 0 aliphatic heterocycles. The second-order valence-corrected chi connectivity index (χ2v) is 3.00. The first-order valence-electron chi connectivity index (χ1n) is 3.91. The van der Waals surface area contributed by atoms with Gasteiger partial charge in [-0.25, -0.2) is 4.52 Å². The summed E-state index contributed by atoms with van der Waals surface area (Å²) in [7, 11) is 1.85. The number of imidazole rings is 1. The monoisotopic (exact) mass is 178 g/mol. The highest BCUT2D eigenvalue weighted by Gasteiger charge is 2.16. The summed E-state index contributed by atoms with van der Waals surface area (Å²) in [5.41, 5.74) is 7.15. The third kappa shape index (κ3) is 0.932. The second kappa shape index (κ2) is 2.35. The maximum absolute atomic E-state index is 11.1. The van der Waals surface area contributed by atoms with Crippen LogP contribution >= 0.6 is 0 Å². The molecule has 0 aliphatic carbocycles. The lowest BCUT2D eigenvalue weighted by Gasteiger charge is -1.94. The van der Waals surface area contributed by atoms with Crippen molar-refractivity contribution in [2.45, 2.75) is 6.92 Å². The van der Waals surface area contributed by atoms with Gasteiger partial charge in [0.1, 0.15) is 11.2 Å². The second-order valence-electron chi connectivity index (χ2n) is 3.00. The van der Waals surface area contributed by atoms with Crippen LogP contribution in [0.5, 0.6) is 0 Å². The van der Waals surface area contributed by atoms with Crippen molar-refractivity contribution in [3.63, 3.8) is 0 Å². The number of nitrogens with two attached hydrogens (primary N) is 1. The Morgan fingerprint density at radius 3 is 2.85 bits per heavy atom. The summed E-state index contributed by atoms with van der Waals surface area (Å²) in [4.78, 5) is 11.1. The minimum Gasteiger partial charge on any atom is -0.365 e. The van der Waals surface area contributed by atoms with Crippen LogP contribution in [0.15, 0.2) is 12.4 Å². The average molecular weight is 178 g/mol. The van der Waals surface area contributed by atoms with Gasteiger partial charge in [0.05, 0.1) is 5.69 Å². The summed E-state index contributed by atoms with van der Waals surface area (Å²) in [5, 5.41) is 4.15. The number of carbonyl (C=O) groups excluding carboxylic acids is 1. The molecule has 0 aromatic carbocycles. The zero-order valence-electron chi connectivity index (χ0n) is 7.48. The number of aryl methyl sites for hydroxylation is 2. The standard InChI is InChI=1S/C8H10N4O/c1-5-6(7(9)13)8-11(2)3-4-12(8)10-5/h3-4H,1-2H3,(H2,9,13). The van der Waals surface area contributed by atoms with Crippen LogP contribution in [-0.4, -0.2) is 20.1 Å². The number of carbonyl (C=O) groups is 1. The number of aromatic nitrogens is 3. The molecule has 2 aromatic rings. The quantitative estimate of drug-likeness (QED) is 0.672. The van der Waals surface area contributed by atoms with Gasteiger partial charge in [0, 0.05) is 19.4 Å². The largest absolute Gasteiger partial charge is 0.365 e. The Labute approximate surface area is 74.8 Å². The van der Waals surface area contributed by atoms with Crippen LogP contribution in [0.25, 0.3) is 5.65 Å². The molecule has 2 N–H and O–H groups in total. The van der Waals surface area contributed by atoms with Gasteiger partial charge in [0.15, 0.2) is 0 Å². The summed E-state index contributed by atoms with van der Waals surface area (Å²) in [6, 6.07) is 0. The lowest BCUT2D eigenvalue weighted by Crippen LogP contribution is -2.12. The molecule has 1 amide bonds. The summed E-state index contributed by atoms with van der Waals surface area (Å²) in [6.07, 6.45) is 3.61. The van der Waals surface area contributed by atoms with E-state index in [1.54, 1.807) is 17.6 Å². The molecular weight excluding hydrogens is 168 g/mol. The van der Waals surface area contributed by atoms with Gasteiger partial charge < -0.3 is 10.3 Å². The minimum absolute atomic E-state index is 0.436. The third-order valence-electron chi connectivity index (χ3n) is 2.07. The van der Waals surface area contributed by atoms with E-state index in [4.69, 9.17) is 5.73 Å².